The summed E-state index contributed by atoms with van der Waals surface area (Å²) >= 11 is 0. The highest BCUT2D eigenvalue weighted by Crippen LogP contribution is 2.39. The number of benzene rings is 1. The minimum absolute atomic E-state index is 0.161. The van der Waals surface area contributed by atoms with Crippen LogP contribution in [-0.4, -0.2) is 18.4 Å². The van der Waals surface area contributed by atoms with E-state index in [-0.39, 0.29) is 18.4 Å². The number of nitrogens with one attached hydrogen (secondary N) is 1. The molecule has 2 saturated carbocycles. The van der Waals surface area contributed by atoms with E-state index < -0.39 is 6.43 Å². The first-order chi connectivity index (χ1) is 9.65. The Hall–Kier alpha value is -1.45. The second-order valence-electron chi connectivity index (χ2n) is 5.85. The van der Waals surface area contributed by atoms with Crippen molar-refractivity contribution in [2.75, 3.05) is 0 Å². The van der Waals surface area contributed by atoms with Crippen molar-refractivity contribution in [2.24, 2.45) is 0 Å². The van der Waals surface area contributed by atoms with Gasteiger partial charge in [-0.15, -0.1) is 0 Å². The van der Waals surface area contributed by atoms with Crippen molar-refractivity contribution in [3.63, 3.8) is 0 Å². The zero-order valence-corrected chi connectivity index (χ0v) is 11.4. The number of halogens is 2. The molecular weight excluding hydrogens is 260 g/mol. The molecule has 0 bridgehead atoms. The summed E-state index contributed by atoms with van der Waals surface area (Å²) in [5, 5.41) is 2.94. The summed E-state index contributed by atoms with van der Waals surface area (Å²) in [5.41, 5.74) is 1.97. The Balaban J connectivity index is 1.93. The molecule has 4 heteroatoms. The van der Waals surface area contributed by atoms with Gasteiger partial charge in [0.2, 0.25) is 6.43 Å². The third-order valence-electron chi connectivity index (χ3n) is 4.24. The van der Waals surface area contributed by atoms with Crippen molar-refractivity contribution in [1.29, 1.82) is 0 Å². The van der Waals surface area contributed by atoms with E-state index in [1.807, 2.05) is 6.07 Å². The van der Waals surface area contributed by atoms with E-state index in [9.17, 15) is 13.6 Å². The lowest BCUT2D eigenvalue weighted by Crippen LogP contribution is -2.29. The standard InChI is InChI=1S/C16H19F2NO/c17-14(18)9-11-5-2-6-13(10-3-1-4-10)15(11)16(20)19-12-7-8-12/h2,5-6,10,12,14H,1,3-4,7-9H2,(H,19,20). The van der Waals surface area contributed by atoms with E-state index in [4.69, 9.17) is 0 Å². The zero-order chi connectivity index (χ0) is 14.1. The van der Waals surface area contributed by atoms with Crippen molar-refractivity contribution in [1.82, 2.24) is 5.32 Å². The monoisotopic (exact) mass is 279 g/mol. The van der Waals surface area contributed by atoms with Crippen LogP contribution in [0.5, 0.6) is 0 Å². The van der Waals surface area contributed by atoms with E-state index >= 15 is 0 Å². The summed E-state index contributed by atoms with van der Waals surface area (Å²) in [5.74, 6) is 0.207. The van der Waals surface area contributed by atoms with Gasteiger partial charge >= 0.3 is 0 Å². The first kappa shape index (κ1) is 13.5. The summed E-state index contributed by atoms with van der Waals surface area (Å²) in [4.78, 5) is 12.4. The topological polar surface area (TPSA) is 29.1 Å². The van der Waals surface area contributed by atoms with E-state index in [1.54, 1.807) is 12.1 Å². The van der Waals surface area contributed by atoms with Crippen LogP contribution in [0.15, 0.2) is 18.2 Å². The number of carbonyl (C=O) groups excluding carboxylic acids is 1. The predicted molar refractivity (Wildman–Crippen MR) is 73.2 cm³/mol. The Kier molecular flexibility index (Phi) is 3.72. The number of hydrogen-bond donors (Lipinski definition) is 1. The van der Waals surface area contributed by atoms with Gasteiger partial charge in [0.15, 0.2) is 0 Å². The van der Waals surface area contributed by atoms with Crippen LogP contribution < -0.4 is 5.32 Å². The minimum atomic E-state index is -2.42. The summed E-state index contributed by atoms with van der Waals surface area (Å²) in [6, 6.07) is 5.65. The Morgan fingerprint density at radius 1 is 1.25 bits per heavy atom. The van der Waals surface area contributed by atoms with E-state index in [1.165, 1.54) is 0 Å². The van der Waals surface area contributed by atoms with Crippen LogP contribution in [0.3, 0.4) is 0 Å². The van der Waals surface area contributed by atoms with Crippen molar-refractivity contribution in [3.8, 4) is 0 Å². The fourth-order valence-corrected chi connectivity index (χ4v) is 2.78. The molecule has 1 amide bonds. The lowest BCUT2D eigenvalue weighted by molar-refractivity contribution is 0.0946. The fraction of sp³-hybridized carbons (Fsp3) is 0.562. The minimum Gasteiger partial charge on any atom is -0.349 e. The second-order valence-corrected chi connectivity index (χ2v) is 5.85. The Bertz CT molecular complexity index is 507. The summed E-state index contributed by atoms with van der Waals surface area (Å²) in [6.45, 7) is 0. The number of hydrogen-bond acceptors (Lipinski definition) is 1. The third kappa shape index (κ3) is 2.84. The number of amides is 1. The fourth-order valence-electron chi connectivity index (χ4n) is 2.78. The Labute approximate surface area is 117 Å². The molecule has 0 unspecified atom stereocenters. The zero-order valence-electron chi connectivity index (χ0n) is 11.4. The molecular formula is C16H19F2NO. The van der Waals surface area contributed by atoms with Gasteiger partial charge in [0.25, 0.3) is 5.91 Å². The van der Waals surface area contributed by atoms with Gasteiger partial charge in [-0.2, -0.15) is 0 Å². The molecule has 0 spiro atoms. The first-order valence-electron chi connectivity index (χ1n) is 7.36. The van der Waals surface area contributed by atoms with Gasteiger partial charge < -0.3 is 5.32 Å². The summed E-state index contributed by atoms with van der Waals surface area (Å²) in [7, 11) is 0. The van der Waals surface area contributed by atoms with Crippen LogP contribution in [0, 0.1) is 0 Å². The largest absolute Gasteiger partial charge is 0.349 e. The number of rotatable bonds is 5. The van der Waals surface area contributed by atoms with E-state index in [2.05, 4.69) is 5.32 Å². The van der Waals surface area contributed by atoms with Crippen molar-refractivity contribution < 1.29 is 13.6 Å². The Morgan fingerprint density at radius 2 is 2.00 bits per heavy atom. The molecule has 20 heavy (non-hydrogen) atoms. The van der Waals surface area contributed by atoms with E-state index in [0.717, 1.165) is 37.7 Å². The second kappa shape index (κ2) is 5.51. The van der Waals surface area contributed by atoms with Gasteiger partial charge in [0, 0.05) is 18.0 Å². The van der Waals surface area contributed by atoms with E-state index in [0.29, 0.717) is 17.0 Å². The summed E-state index contributed by atoms with van der Waals surface area (Å²) < 4.78 is 25.5. The van der Waals surface area contributed by atoms with Crippen molar-refractivity contribution >= 4 is 5.91 Å². The van der Waals surface area contributed by atoms with Gasteiger partial charge in [0.05, 0.1) is 0 Å². The molecule has 0 atom stereocenters. The normalized spacial score (nSPS) is 18.9. The molecule has 2 aliphatic rings. The average Bonchev–Trinajstić information content (AvgIpc) is 3.09. The van der Waals surface area contributed by atoms with Crippen LogP contribution in [0.25, 0.3) is 0 Å². The van der Waals surface area contributed by atoms with Gasteiger partial charge in [0.1, 0.15) is 0 Å². The summed E-state index contributed by atoms with van der Waals surface area (Å²) in [6.07, 6.45) is 2.52. The molecule has 0 aromatic heterocycles. The predicted octanol–water partition coefficient (Wildman–Crippen LogP) is 3.65. The number of alkyl halides is 2. The molecule has 1 aromatic rings. The highest BCUT2D eigenvalue weighted by molar-refractivity contribution is 5.97. The molecule has 2 fully saturated rings. The molecule has 3 rings (SSSR count). The van der Waals surface area contributed by atoms with Gasteiger partial charge in [-0.3, -0.25) is 4.79 Å². The molecule has 0 aliphatic heterocycles. The molecule has 2 nitrogen and oxygen atoms in total. The van der Waals surface area contributed by atoms with Crippen LogP contribution in [0.2, 0.25) is 0 Å². The molecule has 0 heterocycles. The maximum absolute atomic E-state index is 12.7. The molecule has 2 aliphatic carbocycles. The molecule has 108 valence electrons. The molecule has 1 N–H and O–H groups in total. The SMILES string of the molecule is O=C(NC1CC1)c1c(CC(F)F)cccc1C1CCC1. The van der Waals surface area contributed by atoms with Crippen LogP contribution in [0.4, 0.5) is 8.78 Å². The number of carbonyl (C=O) groups is 1. The molecule has 0 radical (unpaired) electrons. The maximum atomic E-state index is 12.7. The van der Waals surface area contributed by atoms with Crippen LogP contribution >= 0.6 is 0 Å². The van der Waals surface area contributed by atoms with Crippen LogP contribution in [-0.2, 0) is 6.42 Å². The van der Waals surface area contributed by atoms with Crippen LogP contribution in [0.1, 0.15) is 59.5 Å². The smallest absolute Gasteiger partial charge is 0.252 e. The quantitative estimate of drug-likeness (QED) is 0.875. The molecule has 1 aromatic carbocycles. The first-order valence-corrected chi connectivity index (χ1v) is 7.36. The van der Waals surface area contributed by atoms with Gasteiger partial charge in [-0.1, -0.05) is 24.6 Å². The van der Waals surface area contributed by atoms with Gasteiger partial charge in [-0.05, 0) is 42.7 Å². The third-order valence-corrected chi connectivity index (χ3v) is 4.24. The highest BCUT2D eigenvalue weighted by atomic mass is 19.3. The lowest BCUT2D eigenvalue weighted by Gasteiger charge is -2.28. The van der Waals surface area contributed by atoms with Crippen molar-refractivity contribution in [3.05, 3.63) is 34.9 Å². The maximum Gasteiger partial charge on any atom is 0.252 e. The van der Waals surface area contributed by atoms with Gasteiger partial charge in [-0.25, -0.2) is 8.78 Å². The average molecular weight is 279 g/mol. The highest BCUT2D eigenvalue weighted by Gasteiger charge is 2.30. The Morgan fingerprint density at radius 3 is 2.55 bits per heavy atom. The van der Waals surface area contributed by atoms with Crippen molar-refractivity contribution in [2.45, 2.75) is 56.9 Å². The molecule has 0 saturated heterocycles. The lowest BCUT2D eigenvalue weighted by atomic mass is 9.77.